The number of nitrogens with zero attached hydrogens (tertiary/aromatic N) is 1. The molecule has 0 aliphatic heterocycles. The van der Waals surface area contributed by atoms with Gasteiger partial charge in [-0.15, -0.1) is 0 Å². The first-order chi connectivity index (χ1) is 27.2. The molecule has 1 aromatic heterocycles. The quantitative estimate of drug-likeness (QED) is 0.172. The fraction of sp³-hybridized carbons (Fsp3) is 0. The molecule has 11 rings (SSSR count). The van der Waals surface area contributed by atoms with Crippen LogP contribution in [0.5, 0.6) is 0 Å². The third kappa shape index (κ3) is 5.10. The summed E-state index contributed by atoms with van der Waals surface area (Å²) in [5.41, 5.74) is 11.7. The Balaban J connectivity index is 1.10. The number of hydrogen-bond donors (Lipinski definition) is 0. The highest BCUT2D eigenvalue weighted by Crippen LogP contribution is 2.46. The van der Waals surface area contributed by atoms with Crippen molar-refractivity contribution < 1.29 is 4.42 Å². The van der Waals surface area contributed by atoms with Gasteiger partial charge in [0.2, 0.25) is 0 Å². The summed E-state index contributed by atoms with van der Waals surface area (Å²) < 4.78 is 6.09. The minimum atomic E-state index is 0.626. The number of rotatable bonds is 4. The van der Waals surface area contributed by atoms with Crippen molar-refractivity contribution in [3.05, 3.63) is 194 Å². The lowest BCUT2D eigenvalue weighted by molar-refractivity contribution is 0.669. The summed E-state index contributed by atoms with van der Waals surface area (Å²) in [6.07, 6.45) is 0. The molecule has 0 aliphatic carbocycles. The van der Waals surface area contributed by atoms with E-state index in [0.717, 1.165) is 38.6 Å². The van der Waals surface area contributed by atoms with Crippen molar-refractivity contribution in [2.75, 3.05) is 0 Å². The number of furan rings is 1. The largest absolute Gasteiger partial charge is 0.456 e. The van der Waals surface area contributed by atoms with Crippen LogP contribution in [0.1, 0.15) is 5.56 Å². The van der Waals surface area contributed by atoms with E-state index >= 15 is 0 Å². The summed E-state index contributed by atoms with van der Waals surface area (Å²) in [4.78, 5) is 0. The zero-order chi connectivity index (χ0) is 36.5. The molecule has 0 fully saturated rings. The van der Waals surface area contributed by atoms with E-state index in [-0.39, 0.29) is 0 Å². The van der Waals surface area contributed by atoms with Gasteiger partial charge >= 0.3 is 0 Å². The van der Waals surface area contributed by atoms with Crippen molar-refractivity contribution >= 4 is 65.0 Å². The molecular weight excluding hydrogens is 667 g/mol. The lowest BCUT2D eigenvalue weighted by Gasteiger charge is -2.19. The van der Waals surface area contributed by atoms with Crippen molar-refractivity contribution in [2.24, 2.45) is 0 Å². The van der Waals surface area contributed by atoms with Gasteiger partial charge in [0.15, 0.2) is 0 Å². The van der Waals surface area contributed by atoms with Crippen LogP contribution in [0.3, 0.4) is 0 Å². The van der Waals surface area contributed by atoms with Crippen molar-refractivity contribution in [1.82, 2.24) is 0 Å². The lowest BCUT2D eigenvalue weighted by atomic mass is 9.84. The summed E-state index contributed by atoms with van der Waals surface area (Å²) in [6.45, 7) is 0. The molecule has 2 heteroatoms. The summed E-state index contributed by atoms with van der Waals surface area (Å²) >= 11 is 0. The molecular formula is C53H31NO. The highest BCUT2D eigenvalue weighted by molar-refractivity contribution is 6.22. The Morgan fingerprint density at radius 1 is 0.309 bits per heavy atom. The first-order valence-corrected chi connectivity index (χ1v) is 18.6. The predicted octanol–water partition coefficient (Wildman–Crippen LogP) is 14.7. The molecule has 55 heavy (non-hydrogen) atoms. The van der Waals surface area contributed by atoms with Gasteiger partial charge < -0.3 is 4.42 Å². The van der Waals surface area contributed by atoms with E-state index in [1.807, 2.05) is 18.2 Å². The van der Waals surface area contributed by atoms with E-state index in [9.17, 15) is 5.26 Å². The van der Waals surface area contributed by atoms with Gasteiger partial charge in [0.05, 0.1) is 11.6 Å². The van der Waals surface area contributed by atoms with Crippen molar-refractivity contribution in [1.29, 1.82) is 5.26 Å². The van der Waals surface area contributed by atoms with Crippen LogP contribution in [0.15, 0.2) is 192 Å². The van der Waals surface area contributed by atoms with Crippen molar-refractivity contribution in [2.45, 2.75) is 0 Å². The first kappa shape index (κ1) is 31.1. The number of nitriles is 1. The highest BCUT2D eigenvalue weighted by atomic mass is 16.3. The van der Waals surface area contributed by atoms with Gasteiger partial charge in [-0.05, 0) is 136 Å². The van der Waals surface area contributed by atoms with E-state index in [0.29, 0.717) is 5.56 Å². The molecule has 10 aromatic carbocycles. The molecule has 0 radical (unpaired) electrons. The highest BCUT2D eigenvalue weighted by Gasteiger charge is 2.18. The van der Waals surface area contributed by atoms with Gasteiger partial charge in [-0.3, -0.25) is 0 Å². The van der Waals surface area contributed by atoms with Crippen molar-refractivity contribution in [3.8, 4) is 50.6 Å². The Labute approximate surface area is 317 Å². The third-order valence-corrected chi connectivity index (χ3v) is 11.3. The Kier molecular flexibility index (Phi) is 6.96. The van der Waals surface area contributed by atoms with Crippen LogP contribution in [-0.2, 0) is 0 Å². The fourth-order valence-corrected chi connectivity index (χ4v) is 8.55. The van der Waals surface area contributed by atoms with Gasteiger partial charge in [0.1, 0.15) is 11.2 Å². The molecule has 254 valence electrons. The number of benzene rings is 10. The van der Waals surface area contributed by atoms with Crippen LogP contribution in [0.2, 0.25) is 0 Å². The molecule has 0 amide bonds. The summed E-state index contributed by atoms with van der Waals surface area (Å²) in [6, 6.07) is 69.8. The van der Waals surface area contributed by atoms with Crippen LogP contribution >= 0.6 is 0 Å². The van der Waals surface area contributed by atoms with E-state index in [2.05, 4.69) is 170 Å². The minimum absolute atomic E-state index is 0.626. The smallest absolute Gasteiger partial charge is 0.135 e. The molecule has 0 saturated heterocycles. The molecule has 0 saturated carbocycles. The molecule has 11 aromatic rings. The zero-order valence-electron chi connectivity index (χ0n) is 29.8. The average molecular weight is 698 g/mol. The Morgan fingerprint density at radius 2 is 0.745 bits per heavy atom. The van der Waals surface area contributed by atoms with E-state index in [4.69, 9.17) is 4.42 Å². The number of fused-ring (bicyclic) bond motifs is 7. The van der Waals surface area contributed by atoms with Gasteiger partial charge in [0, 0.05) is 10.8 Å². The third-order valence-electron chi connectivity index (χ3n) is 11.3. The van der Waals surface area contributed by atoms with Crippen LogP contribution < -0.4 is 0 Å². The minimum Gasteiger partial charge on any atom is -0.456 e. The standard InChI is InChI=1S/C53H31NO/c54-32-33-13-25-50-47(27-33)48-30-41(23-26-51(48)55-50)37-16-14-36(15-17-37)40-22-24-46-49(31-40)53(43-21-19-35-8-2-4-10-39(35)29-43)45-12-6-5-11-44(45)52(46)42-20-18-34-7-1-3-9-38(34)28-42/h1-31H. The lowest BCUT2D eigenvalue weighted by Crippen LogP contribution is -1.92. The first-order valence-electron chi connectivity index (χ1n) is 18.6. The number of hydrogen-bond acceptors (Lipinski definition) is 2. The second-order valence-corrected chi connectivity index (χ2v) is 14.4. The summed E-state index contributed by atoms with van der Waals surface area (Å²) in [5.74, 6) is 0. The molecule has 0 bridgehead atoms. The molecule has 0 unspecified atom stereocenters. The van der Waals surface area contributed by atoms with Crippen LogP contribution in [0.25, 0.3) is 110 Å². The second kappa shape index (κ2) is 12.3. The topological polar surface area (TPSA) is 36.9 Å². The molecule has 2 nitrogen and oxygen atoms in total. The van der Waals surface area contributed by atoms with E-state index < -0.39 is 0 Å². The Hall–Kier alpha value is -7.47. The second-order valence-electron chi connectivity index (χ2n) is 14.4. The Bertz CT molecular complexity index is 3380. The van der Waals surface area contributed by atoms with Crippen LogP contribution in [0, 0.1) is 11.3 Å². The average Bonchev–Trinajstić information content (AvgIpc) is 3.62. The van der Waals surface area contributed by atoms with Gasteiger partial charge in [0.25, 0.3) is 0 Å². The summed E-state index contributed by atoms with van der Waals surface area (Å²) in [5, 5.41) is 21.4. The van der Waals surface area contributed by atoms with Gasteiger partial charge in [-0.2, -0.15) is 5.26 Å². The fourth-order valence-electron chi connectivity index (χ4n) is 8.55. The molecule has 0 spiro atoms. The molecule has 0 N–H and O–H groups in total. The van der Waals surface area contributed by atoms with Crippen LogP contribution in [0.4, 0.5) is 0 Å². The van der Waals surface area contributed by atoms with Gasteiger partial charge in [-0.25, -0.2) is 0 Å². The van der Waals surface area contributed by atoms with Crippen LogP contribution in [-0.4, -0.2) is 0 Å². The SMILES string of the molecule is N#Cc1ccc2oc3ccc(-c4ccc(-c5ccc6c(-c7ccc8ccccc8c7)c7ccccc7c(-c7ccc8ccccc8c7)c6c5)cc4)cc3c2c1. The van der Waals surface area contributed by atoms with Gasteiger partial charge in [-0.1, -0.05) is 140 Å². The maximum absolute atomic E-state index is 9.50. The summed E-state index contributed by atoms with van der Waals surface area (Å²) in [7, 11) is 0. The molecule has 0 aliphatic rings. The monoisotopic (exact) mass is 697 g/mol. The van der Waals surface area contributed by atoms with Crippen molar-refractivity contribution in [3.63, 3.8) is 0 Å². The molecule has 0 atom stereocenters. The maximum atomic E-state index is 9.50. The Morgan fingerprint density at radius 3 is 1.35 bits per heavy atom. The van der Waals surface area contributed by atoms with E-state index in [1.165, 1.54) is 70.9 Å². The molecule has 1 heterocycles. The zero-order valence-corrected chi connectivity index (χ0v) is 29.8. The maximum Gasteiger partial charge on any atom is 0.135 e. The predicted molar refractivity (Wildman–Crippen MR) is 230 cm³/mol. The normalized spacial score (nSPS) is 11.6. The van der Waals surface area contributed by atoms with E-state index in [1.54, 1.807) is 6.07 Å².